The summed E-state index contributed by atoms with van der Waals surface area (Å²) in [7, 11) is 1.28. The van der Waals surface area contributed by atoms with Gasteiger partial charge in [0.2, 0.25) is 0 Å². The highest BCUT2D eigenvalue weighted by Gasteiger charge is 2.35. The molecule has 25 heavy (non-hydrogen) atoms. The molecule has 0 saturated carbocycles. The van der Waals surface area contributed by atoms with Crippen LogP contribution in [-0.4, -0.2) is 28.4 Å². The van der Waals surface area contributed by atoms with E-state index in [0.717, 1.165) is 11.8 Å². The van der Waals surface area contributed by atoms with Crippen molar-refractivity contribution in [1.82, 2.24) is 0 Å². The van der Waals surface area contributed by atoms with Gasteiger partial charge in [-0.05, 0) is 35.9 Å². The number of anilines is 1. The van der Waals surface area contributed by atoms with Crippen molar-refractivity contribution in [3.05, 3.63) is 64.6 Å². The van der Waals surface area contributed by atoms with Gasteiger partial charge in [-0.25, -0.2) is 4.79 Å². The van der Waals surface area contributed by atoms with Gasteiger partial charge in [-0.2, -0.15) is 0 Å². The maximum Gasteiger partial charge on any atom is 0.339 e. The Labute approximate surface area is 153 Å². The van der Waals surface area contributed by atoms with E-state index in [2.05, 4.69) is 0 Å². The number of thioether (sulfide) groups is 1. The Bertz CT molecular complexity index is 907. The van der Waals surface area contributed by atoms with E-state index in [1.54, 1.807) is 54.6 Å². The molecule has 2 aromatic carbocycles. The first kappa shape index (κ1) is 17.2. The maximum absolute atomic E-state index is 12.8. The first-order valence-corrected chi connectivity index (χ1v) is 8.48. The molecule has 1 N–H and O–H groups in total. The lowest BCUT2D eigenvalue weighted by Gasteiger charge is -2.17. The largest absolute Gasteiger partial charge is 0.508 e. The minimum absolute atomic E-state index is 0.111. The van der Waals surface area contributed by atoms with Crippen LogP contribution in [0.1, 0.15) is 15.9 Å². The summed E-state index contributed by atoms with van der Waals surface area (Å²) in [5.74, 6) is -0.753. The van der Waals surface area contributed by atoms with E-state index in [4.69, 9.17) is 17.0 Å². The second-order valence-electron chi connectivity index (χ2n) is 5.12. The molecular formula is C18H13NO4S2. The van der Waals surface area contributed by atoms with Gasteiger partial charge in [-0.1, -0.05) is 48.2 Å². The number of benzene rings is 2. The Morgan fingerprint density at radius 2 is 2.00 bits per heavy atom. The lowest BCUT2D eigenvalue weighted by atomic mass is 10.1. The molecule has 1 amide bonds. The van der Waals surface area contributed by atoms with E-state index < -0.39 is 5.97 Å². The summed E-state index contributed by atoms with van der Waals surface area (Å²) in [5, 5.41) is 9.55. The number of ether oxygens (including phenoxy) is 1. The fourth-order valence-corrected chi connectivity index (χ4v) is 3.68. The number of phenolic OH excluding ortho intramolecular Hbond substituents is 1. The van der Waals surface area contributed by atoms with Gasteiger partial charge < -0.3 is 9.84 Å². The SMILES string of the molecule is COC(=O)c1ccccc1N1C(=O)/C(=C/c2cccc(O)c2)SC1=S. The highest BCUT2D eigenvalue weighted by molar-refractivity contribution is 8.27. The summed E-state index contributed by atoms with van der Waals surface area (Å²) in [6, 6.07) is 13.2. The number of nitrogens with zero attached hydrogens (tertiary/aromatic N) is 1. The number of amides is 1. The molecule has 0 aliphatic carbocycles. The fourth-order valence-electron chi connectivity index (χ4n) is 2.39. The standard InChI is InChI=1S/C18H13NO4S2/c1-23-17(22)13-7-2-3-8-14(13)19-16(21)15(25-18(19)24)10-11-5-4-6-12(20)9-11/h2-10,20H,1H3/b15-10-. The lowest BCUT2D eigenvalue weighted by molar-refractivity contribution is -0.113. The van der Waals surface area contributed by atoms with Gasteiger partial charge in [0, 0.05) is 0 Å². The predicted molar refractivity (Wildman–Crippen MR) is 102 cm³/mol. The summed E-state index contributed by atoms with van der Waals surface area (Å²) in [5.41, 5.74) is 1.33. The van der Waals surface area contributed by atoms with Crippen molar-refractivity contribution in [3.63, 3.8) is 0 Å². The van der Waals surface area contributed by atoms with E-state index in [0.29, 0.717) is 20.5 Å². The van der Waals surface area contributed by atoms with Crippen LogP contribution in [0.5, 0.6) is 5.75 Å². The molecule has 1 heterocycles. The molecule has 1 saturated heterocycles. The summed E-state index contributed by atoms with van der Waals surface area (Å²) >= 11 is 6.47. The van der Waals surface area contributed by atoms with Gasteiger partial charge >= 0.3 is 5.97 Å². The first-order valence-electron chi connectivity index (χ1n) is 7.25. The van der Waals surface area contributed by atoms with Crippen molar-refractivity contribution in [3.8, 4) is 5.75 Å². The van der Waals surface area contributed by atoms with E-state index in [-0.39, 0.29) is 17.2 Å². The van der Waals surface area contributed by atoms with Gasteiger partial charge in [-0.3, -0.25) is 9.69 Å². The molecule has 7 heteroatoms. The molecule has 3 rings (SSSR count). The summed E-state index contributed by atoms with van der Waals surface area (Å²) in [4.78, 5) is 26.5. The van der Waals surface area contributed by atoms with Crippen LogP contribution in [-0.2, 0) is 9.53 Å². The highest BCUT2D eigenvalue weighted by atomic mass is 32.2. The maximum atomic E-state index is 12.8. The third-order valence-electron chi connectivity index (χ3n) is 3.51. The number of phenols is 1. The molecule has 0 bridgehead atoms. The molecule has 1 aliphatic heterocycles. The molecular weight excluding hydrogens is 358 g/mol. The predicted octanol–water partition coefficient (Wildman–Crippen LogP) is 3.58. The van der Waals surface area contributed by atoms with Crippen molar-refractivity contribution >= 4 is 51.9 Å². The Hall–Kier alpha value is -2.64. The Balaban J connectivity index is 1.99. The topological polar surface area (TPSA) is 66.8 Å². The molecule has 0 spiro atoms. The van der Waals surface area contributed by atoms with Crippen LogP contribution >= 0.6 is 24.0 Å². The van der Waals surface area contributed by atoms with Crippen LogP contribution in [0.4, 0.5) is 5.69 Å². The summed E-state index contributed by atoms with van der Waals surface area (Å²) < 4.78 is 5.10. The zero-order valence-electron chi connectivity index (χ0n) is 13.1. The highest BCUT2D eigenvalue weighted by Crippen LogP contribution is 2.37. The number of hydrogen-bond acceptors (Lipinski definition) is 6. The number of carbonyl (C=O) groups excluding carboxylic acids is 2. The lowest BCUT2D eigenvalue weighted by Crippen LogP contribution is -2.29. The molecule has 0 unspecified atom stereocenters. The van der Waals surface area contributed by atoms with E-state index in [1.807, 2.05) is 0 Å². The second-order valence-corrected chi connectivity index (χ2v) is 6.80. The number of thiocarbonyl (C=S) groups is 1. The Kier molecular flexibility index (Phi) is 4.87. The summed E-state index contributed by atoms with van der Waals surface area (Å²) in [6.45, 7) is 0. The zero-order chi connectivity index (χ0) is 18.0. The molecule has 1 aliphatic rings. The van der Waals surface area contributed by atoms with Crippen molar-refractivity contribution in [2.24, 2.45) is 0 Å². The monoisotopic (exact) mass is 371 g/mol. The zero-order valence-corrected chi connectivity index (χ0v) is 14.8. The Morgan fingerprint density at radius 1 is 1.24 bits per heavy atom. The van der Waals surface area contributed by atoms with Crippen molar-refractivity contribution in [2.75, 3.05) is 12.0 Å². The number of rotatable bonds is 3. The summed E-state index contributed by atoms with van der Waals surface area (Å²) in [6.07, 6.45) is 1.65. The van der Waals surface area contributed by atoms with Crippen LogP contribution in [0.3, 0.4) is 0 Å². The van der Waals surface area contributed by atoms with E-state index in [1.165, 1.54) is 12.0 Å². The minimum Gasteiger partial charge on any atom is -0.508 e. The van der Waals surface area contributed by atoms with Gasteiger partial charge in [-0.15, -0.1) is 0 Å². The number of esters is 1. The number of methoxy groups -OCH3 is 1. The van der Waals surface area contributed by atoms with Crippen molar-refractivity contribution in [2.45, 2.75) is 0 Å². The van der Waals surface area contributed by atoms with Crippen molar-refractivity contribution < 1.29 is 19.4 Å². The number of para-hydroxylation sites is 1. The minimum atomic E-state index is -0.540. The molecule has 126 valence electrons. The molecule has 2 aromatic rings. The van der Waals surface area contributed by atoms with Gasteiger partial charge in [0.25, 0.3) is 5.91 Å². The van der Waals surface area contributed by atoms with E-state index >= 15 is 0 Å². The fraction of sp³-hybridized carbons (Fsp3) is 0.0556. The van der Waals surface area contributed by atoms with Gasteiger partial charge in [0.05, 0.1) is 23.3 Å². The van der Waals surface area contributed by atoms with E-state index in [9.17, 15) is 14.7 Å². The second kappa shape index (κ2) is 7.08. The third-order valence-corrected chi connectivity index (χ3v) is 4.81. The Morgan fingerprint density at radius 3 is 2.72 bits per heavy atom. The van der Waals surface area contributed by atoms with Crippen LogP contribution in [0.2, 0.25) is 0 Å². The molecule has 0 radical (unpaired) electrons. The quantitative estimate of drug-likeness (QED) is 0.505. The number of aromatic hydroxyl groups is 1. The number of hydrogen-bond donors (Lipinski definition) is 1. The van der Waals surface area contributed by atoms with Crippen LogP contribution < -0.4 is 4.90 Å². The van der Waals surface area contributed by atoms with Gasteiger partial charge in [0.1, 0.15) is 5.75 Å². The van der Waals surface area contributed by atoms with Crippen molar-refractivity contribution in [1.29, 1.82) is 0 Å². The van der Waals surface area contributed by atoms with Crippen LogP contribution in [0.15, 0.2) is 53.4 Å². The number of carbonyl (C=O) groups is 2. The normalized spacial score (nSPS) is 15.7. The molecule has 1 fully saturated rings. The smallest absolute Gasteiger partial charge is 0.339 e. The average molecular weight is 371 g/mol. The van der Waals surface area contributed by atoms with Gasteiger partial charge in [0.15, 0.2) is 4.32 Å². The molecule has 0 aromatic heterocycles. The average Bonchev–Trinajstić information content (AvgIpc) is 2.88. The molecule has 5 nitrogen and oxygen atoms in total. The third kappa shape index (κ3) is 3.42. The molecule has 0 atom stereocenters. The first-order chi connectivity index (χ1) is 12.0. The van der Waals surface area contributed by atoms with Crippen LogP contribution in [0.25, 0.3) is 6.08 Å². The van der Waals surface area contributed by atoms with Crippen LogP contribution in [0, 0.1) is 0 Å².